The van der Waals surface area contributed by atoms with E-state index in [-0.39, 0.29) is 17.6 Å². The van der Waals surface area contributed by atoms with E-state index in [9.17, 15) is 9.18 Å². The molecule has 0 bridgehead atoms. The maximum atomic E-state index is 12.8. The first-order chi connectivity index (χ1) is 10.2. The highest BCUT2D eigenvalue weighted by molar-refractivity contribution is 5.84. The summed E-state index contributed by atoms with van der Waals surface area (Å²) >= 11 is 0. The normalized spacial score (nSPS) is 17.1. The summed E-state index contributed by atoms with van der Waals surface area (Å²) in [7, 11) is 0. The van der Waals surface area contributed by atoms with Gasteiger partial charge in [-0.25, -0.2) is 4.39 Å². The Labute approximate surface area is 123 Å². The van der Waals surface area contributed by atoms with E-state index in [0.717, 1.165) is 17.7 Å². The van der Waals surface area contributed by atoms with Crippen LogP contribution in [-0.4, -0.2) is 12.5 Å². The predicted molar refractivity (Wildman–Crippen MR) is 79.1 cm³/mol. The van der Waals surface area contributed by atoms with Gasteiger partial charge in [-0.3, -0.25) is 4.79 Å². The zero-order valence-electron chi connectivity index (χ0n) is 11.6. The summed E-state index contributed by atoms with van der Waals surface area (Å²) in [6, 6.07) is 14.2. The first-order valence-electron chi connectivity index (χ1n) is 7.05. The minimum Gasteiger partial charge on any atom is -0.351 e. The number of fused-ring (bicyclic) bond motifs is 1. The largest absolute Gasteiger partial charge is 0.351 e. The zero-order valence-corrected chi connectivity index (χ0v) is 11.6. The van der Waals surface area contributed by atoms with Gasteiger partial charge in [0.1, 0.15) is 5.82 Å². The standard InChI is InChI=1S/C17H17FN2O/c18-14-7-5-12(6-8-14)9-20-17(21)16-11-19-10-13-3-1-2-4-15(13)16/h1-8,16,19H,9-11H2,(H,20,21). The van der Waals surface area contributed by atoms with Crippen LogP contribution in [0.15, 0.2) is 48.5 Å². The number of carbonyl (C=O) groups is 1. The fraction of sp³-hybridized carbons (Fsp3) is 0.235. The molecule has 1 heterocycles. The lowest BCUT2D eigenvalue weighted by Gasteiger charge is -2.25. The Morgan fingerprint density at radius 3 is 2.76 bits per heavy atom. The van der Waals surface area contributed by atoms with Gasteiger partial charge in [-0.15, -0.1) is 0 Å². The van der Waals surface area contributed by atoms with Crippen molar-refractivity contribution in [2.75, 3.05) is 6.54 Å². The van der Waals surface area contributed by atoms with Gasteiger partial charge in [-0.05, 0) is 28.8 Å². The number of amides is 1. The van der Waals surface area contributed by atoms with Crippen molar-refractivity contribution in [2.45, 2.75) is 19.0 Å². The van der Waals surface area contributed by atoms with Crippen LogP contribution >= 0.6 is 0 Å². The van der Waals surface area contributed by atoms with E-state index in [1.54, 1.807) is 12.1 Å². The van der Waals surface area contributed by atoms with Gasteiger partial charge in [0.25, 0.3) is 0 Å². The Kier molecular flexibility index (Phi) is 3.97. The second kappa shape index (κ2) is 6.06. The van der Waals surface area contributed by atoms with E-state index < -0.39 is 0 Å². The summed E-state index contributed by atoms with van der Waals surface area (Å²) in [6.07, 6.45) is 0. The van der Waals surface area contributed by atoms with Crippen molar-refractivity contribution in [3.8, 4) is 0 Å². The summed E-state index contributed by atoms with van der Waals surface area (Å²) in [6.45, 7) is 1.86. The van der Waals surface area contributed by atoms with E-state index in [1.165, 1.54) is 17.7 Å². The molecule has 0 aromatic heterocycles. The summed E-state index contributed by atoms with van der Waals surface area (Å²) in [5.41, 5.74) is 3.15. The Morgan fingerprint density at radius 2 is 1.95 bits per heavy atom. The third-order valence-corrected chi connectivity index (χ3v) is 3.79. The molecule has 0 spiro atoms. The zero-order chi connectivity index (χ0) is 14.7. The smallest absolute Gasteiger partial charge is 0.229 e. The van der Waals surface area contributed by atoms with Crippen molar-refractivity contribution < 1.29 is 9.18 Å². The molecule has 3 rings (SSSR count). The van der Waals surface area contributed by atoms with Crippen LogP contribution < -0.4 is 10.6 Å². The number of hydrogen-bond donors (Lipinski definition) is 2. The molecule has 1 aliphatic rings. The molecule has 2 aromatic carbocycles. The van der Waals surface area contributed by atoms with Crippen LogP contribution in [0.3, 0.4) is 0 Å². The third kappa shape index (κ3) is 3.11. The van der Waals surface area contributed by atoms with E-state index in [1.807, 2.05) is 24.3 Å². The van der Waals surface area contributed by atoms with Crippen LogP contribution in [0, 0.1) is 5.82 Å². The molecule has 108 valence electrons. The van der Waals surface area contributed by atoms with Crippen molar-refractivity contribution in [1.82, 2.24) is 10.6 Å². The van der Waals surface area contributed by atoms with Crippen LogP contribution in [0.4, 0.5) is 4.39 Å². The number of nitrogens with one attached hydrogen (secondary N) is 2. The SMILES string of the molecule is O=C(NCc1ccc(F)cc1)C1CNCc2ccccc21. The molecule has 21 heavy (non-hydrogen) atoms. The Bertz CT molecular complexity index is 639. The number of hydrogen-bond acceptors (Lipinski definition) is 2. The Balaban J connectivity index is 1.68. The Morgan fingerprint density at radius 1 is 1.19 bits per heavy atom. The van der Waals surface area contributed by atoms with Crippen molar-refractivity contribution in [1.29, 1.82) is 0 Å². The number of carbonyl (C=O) groups excluding carboxylic acids is 1. The Hall–Kier alpha value is -2.20. The average molecular weight is 284 g/mol. The minimum absolute atomic E-state index is 0.000949. The lowest BCUT2D eigenvalue weighted by molar-refractivity contribution is -0.122. The molecular weight excluding hydrogens is 267 g/mol. The van der Waals surface area contributed by atoms with Crippen LogP contribution in [-0.2, 0) is 17.9 Å². The first kappa shape index (κ1) is 13.8. The molecule has 2 N–H and O–H groups in total. The molecule has 1 atom stereocenters. The highest BCUT2D eigenvalue weighted by Crippen LogP contribution is 2.23. The predicted octanol–water partition coefficient (Wildman–Crippen LogP) is 2.33. The molecular formula is C17H17FN2O. The van der Waals surface area contributed by atoms with Gasteiger partial charge in [0.2, 0.25) is 5.91 Å². The van der Waals surface area contributed by atoms with Crippen LogP contribution in [0.5, 0.6) is 0 Å². The van der Waals surface area contributed by atoms with Crippen molar-refractivity contribution in [3.63, 3.8) is 0 Å². The monoisotopic (exact) mass is 284 g/mol. The molecule has 0 saturated heterocycles. The van der Waals surface area contributed by atoms with Gasteiger partial charge in [-0.2, -0.15) is 0 Å². The summed E-state index contributed by atoms with van der Waals surface area (Å²) in [4.78, 5) is 12.4. The quantitative estimate of drug-likeness (QED) is 0.908. The molecule has 2 aromatic rings. The van der Waals surface area contributed by atoms with Crippen LogP contribution in [0.2, 0.25) is 0 Å². The number of benzene rings is 2. The van der Waals surface area contributed by atoms with Gasteiger partial charge >= 0.3 is 0 Å². The molecule has 0 fully saturated rings. The van der Waals surface area contributed by atoms with Gasteiger partial charge in [0, 0.05) is 19.6 Å². The lowest BCUT2D eigenvalue weighted by Crippen LogP contribution is -2.38. The van der Waals surface area contributed by atoms with Crippen molar-refractivity contribution in [2.24, 2.45) is 0 Å². The molecule has 0 saturated carbocycles. The second-order valence-corrected chi connectivity index (χ2v) is 5.23. The topological polar surface area (TPSA) is 41.1 Å². The van der Waals surface area contributed by atoms with Gasteiger partial charge in [0.05, 0.1) is 5.92 Å². The van der Waals surface area contributed by atoms with E-state index in [4.69, 9.17) is 0 Å². The highest BCUT2D eigenvalue weighted by Gasteiger charge is 2.25. The van der Waals surface area contributed by atoms with E-state index in [0.29, 0.717) is 13.1 Å². The maximum absolute atomic E-state index is 12.8. The van der Waals surface area contributed by atoms with Crippen LogP contribution in [0.25, 0.3) is 0 Å². The molecule has 3 nitrogen and oxygen atoms in total. The molecule has 0 radical (unpaired) electrons. The summed E-state index contributed by atoms with van der Waals surface area (Å²) < 4.78 is 12.8. The maximum Gasteiger partial charge on any atom is 0.229 e. The van der Waals surface area contributed by atoms with Crippen molar-refractivity contribution >= 4 is 5.91 Å². The van der Waals surface area contributed by atoms with E-state index in [2.05, 4.69) is 10.6 Å². The molecule has 1 aliphatic heterocycles. The third-order valence-electron chi connectivity index (χ3n) is 3.79. The average Bonchev–Trinajstić information content (AvgIpc) is 2.53. The van der Waals surface area contributed by atoms with Gasteiger partial charge in [-0.1, -0.05) is 36.4 Å². The lowest BCUT2D eigenvalue weighted by atomic mass is 9.90. The first-order valence-corrected chi connectivity index (χ1v) is 7.05. The minimum atomic E-state index is -0.268. The van der Waals surface area contributed by atoms with Gasteiger partial charge in [0.15, 0.2) is 0 Å². The molecule has 1 unspecified atom stereocenters. The summed E-state index contributed by atoms with van der Waals surface area (Å²) in [5.74, 6) is -0.440. The van der Waals surface area contributed by atoms with Gasteiger partial charge < -0.3 is 10.6 Å². The second-order valence-electron chi connectivity index (χ2n) is 5.23. The fourth-order valence-electron chi connectivity index (χ4n) is 2.64. The summed E-state index contributed by atoms with van der Waals surface area (Å²) in [5, 5.41) is 6.19. The fourth-order valence-corrected chi connectivity index (χ4v) is 2.64. The van der Waals surface area contributed by atoms with Crippen molar-refractivity contribution in [3.05, 3.63) is 71.0 Å². The van der Waals surface area contributed by atoms with Crippen LogP contribution in [0.1, 0.15) is 22.6 Å². The molecule has 0 aliphatic carbocycles. The number of rotatable bonds is 3. The highest BCUT2D eigenvalue weighted by atomic mass is 19.1. The molecule has 4 heteroatoms. The van der Waals surface area contributed by atoms with E-state index >= 15 is 0 Å². The molecule has 1 amide bonds. The number of halogens is 1.